The minimum Gasteiger partial charge on any atom is -0.298 e. The first kappa shape index (κ1) is 14.8. The van der Waals surface area contributed by atoms with Gasteiger partial charge in [0.15, 0.2) is 0 Å². The van der Waals surface area contributed by atoms with Crippen LogP contribution in [-0.4, -0.2) is 18.0 Å². The average molecular weight is 337 g/mol. The lowest BCUT2D eigenvalue weighted by Gasteiger charge is -2.37. The molecule has 0 saturated carbocycles. The van der Waals surface area contributed by atoms with Gasteiger partial charge in [-0.25, -0.2) is 0 Å². The van der Waals surface area contributed by atoms with Crippen LogP contribution in [0.2, 0.25) is 0 Å². The summed E-state index contributed by atoms with van der Waals surface area (Å²) in [7, 11) is 0. The van der Waals surface area contributed by atoms with Gasteiger partial charge in [0.25, 0.3) is 0 Å². The van der Waals surface area contributed by atoms with Gasteiger partial charge >= 0.3 is 0 Å². The van der Waals surface area contributed by atoms with Crippen molar-refractivity contribution < 1.29 is 0 Å². The van der Waals surface area contributed by atoms with E-state index in [1.54, 1.807) is 22.3 Å². The number of benzene rings is 3. The third-order valence-electron chi connectivity index (χ3n) is 7.05. The van der Waals surface area contributed by atoms with Gasteiger partial charge in [-0.15, -0.1) is 0 Å². The van der Waals surface area contributed by atoms with E-state index in [0.29, 0.717) is 17.3 Å². The predicted octanol–water partition coefficient (Wildman–Crippen LogP) is 5.07. The first-order valence-corrected chi connectivity index (χ1v) is 9.80. The van der Waals surface area contributed by atoms with Crippen molar-refractivity contribution in [3.05, 3.63) is 107 Å². The van der Waals surface area contributed by atoms with Crippen LogP contribution >= 0.6 is 0 Å². The first-order valence-electron chi connectivity index (χ1n) is 9.80. The summed E-state index contributed by atoms with van der Waals surface area (Å²) in [6.45, 7) is 3.43. The van der Waals surface area contributed by atoms with E-state index in [2.05, 4.69) is 83.8 Å². The van der Waals surface area contributed by atoms with Gasteiger partial charge in [0.1, 0.15) is 0 Å². The van der Waals surface area contributed by atoms with Crippen molar-refractivity contribution in [1.29, 1.82) is 0 Å². The van der Waals surface area contributed by atoms with Crippen LogP contribution in [0.25, 0.3) is 0 Å². The van der Waals surface area contributed by atoms with Crippen molar-refractivity contribution in [3.63, 3.8) is 0 Å². The highest BCUT2D eigenvalue weighted by atomic mass is 15.2. The standard InChI is InChI=1S/C25H23N/c1-2-8-18(9-3-1)15-26-16-24-20-11-5-4-10-19(20)22-14-25(24,17-26)23-13-7-6-12-21(22)23/h1-13,22,24H,14-17H2. The fourth-order valence-electron chi connectivity index (χ4n) is 6.11. The Morgan fingerprint density at radius 2 is 1.46 bits per heavy atom. The molecule has 3 unspecified atom stereocenters. The van der Waals surface area contributed by atoms with E-state index in [4.69, 9.17) is 0 Å². The molecular weight excluding hydrogens is 314 g/mol. The minimum atomic E-state index is 0.310. The van der Waals surface area contributed by atoms with E-state index in [-0.39, 0.29) is 0 Å². The molecule has 1 nitrogen and oxygen atoms in total. The smallest absolute Gasteiger partial charge is 0.0234 e. The number of rotatable bonds is 2. The molecule has 1 aliphatic heterocycles. The number of nitrogens with zero attached hydrogens (tertiary/aromatic N) is 1. The topological polar surface area (TPSA) is 3.24 Å². The van der Waals surface area contributed by atoms with Crippen molar-refractivity contribution in [2.45, 2.75) is 30.2 Å². The second-order valence-corrected chi connectivity index (χ2v) is 8.34. The Balaban J connectivity index is 1.47. The van der Waals surface area contributed by atoms with E-state index >= 15 is 0 Å². The number of hydrogen-bond donors (Lipinski definition) is 0. The lowest BCUT2D eigenvalue weighted by molar-refractivity contribution is 0.298. The van der Waals surface area contributed by atoms with Crippen molar-refractivity contribution in [1.82, 2.24) is 4.90 Å². The summed E-state index contributed by atoms with van der Waals surface area (Å²) < 4.78 is 0. The molecule has 0 radical (unpaired) electrons. The molecular formula is C25H23N. The third kappa shape index (κ3) is 1.90. The molecule has 0 amide bonds. The van der Waals surface area contributed by atoms with E-state index in [1.807, 2.05) is 0 Å². The van der Waals surface area contributed by atoms with Gasteiger partial charge in [0.05, 0.1) is 0 Å². The van der Waals surface area contributed by atoms with E-state index in [0.717, 1.165) is 6.54 Å². The van der Waals surface area contributed by atoms with E-state index in [9.17, 15) is 0 Å². The summed E-state index contributed by atoms with van der Waals surface area (Å²) in [6, 6.07) is 29.5. The van der Waals surface area contributed by atoms with Crippen LogP contribution in [0.3, 0.4) is 0 Å². The Morgan fingerprint density at radius 3 is 2.31 bits per heavy atom. The van der Waals surface area contributed by atoms with Crippen molar-refractivity contribution >= 4 is 0 Å². The second-order valence-electron chi connectivity index (χ2n) is 8.34. The summed E-state index contributed by atoms with van der Waals surface area (Å²) in [4.78, 5) is 2.70. The van der Waals surface area contributed by atoms with Crippen molar-refractivity contribution in [2.75, 3.05) is 13.1 Å². The van der Waals surface area contributed by atoms with Gasteiger partial charge in [0.2, 0.25) is 0 Å². The summed E-state index contributed by atoms with van der Waals surface area (Å²) in [6.07, 6.45) is 1.29. The van der Waals surface area contributed by atoms with Gasteiger partial charge in [-0.2, -0.15) is 0 Å². The van der Waals surface area contributed by atoms with Gasteiger partial charge in [0, 0.05) is 36.9 Å². The quantitative estimate of drug-likeness (QED) is 0.631. The number of likely N-dealkylation sites (tertiary alicyclic amines) is 1. The van der Waals surface area contributed by atoms with Crippen LogP contribution in [0, 0.1) is 0 Å². The molecule has 0 N–H and O–H groups in total. The average Bonchev–Trinajstić information content (AvgIpc) is 3.21. The highest BCUT2D eigenvalue weighted by Gasteiger charge is 2.57. The van der Waals surface area contributed by atoms with E-state index < -0.39 is 0 Å². The molecule has 26 heavy (non-hydrogen) atoms. The van der Waals surface area contributed by atoms with Crippen LogP contribution in [0.15, 0.2) is 78.9 Å². The molecule has 2 bridgehead atoms. The maximum absolute atomic E-state index is 2.70. The molecule has 1 heterocycles. The molecule has 1 fully saturated rings. The second kappa shape index (κ2) is 5.31. The summed E-state index contributed by atoms with van der Waals surface area (Å²) in [5.74, 6) is 1.22. The number of fused-ring (bicyclic) bond motifs is 3. The molecule has 3 atom stereocenters. The van der Waals surface area contributed by atoms with Gasteiger partial charge in [-0.3, -0.25) is 4.90 Å². The molecule has 1 spiro atoms. The zero-order chi connectivity index (χ0) is 17.1. The van der Waals surface area contributed by atoms with Crippen LogP contribution < -0.4 is 0 Å². The zero-order valence-corrected chi connectivity index (χ0v) is 14.9. The summed E-state index contributed by atoms with van der Waals surface area (Å²) in [5.41, 5.74) is 8.14. The Morgan fingerprint density at radius 1 is 0.769 bits per heavy atom. The van der Waals surface area contributed by atoms with Crippen LogP contribution in [0.5, 0.6) is 0 Å². The number of hydrogen-bond acceptors (Lipinski definition) is 1. The molecule has 0 aromatic heterocycles. The van der Waals surface area contributed by atoms with Gasteiger partial charge in [-0.05, 0) is 34.2 Å². The molecule has 128 valence electrons. The van der Waals surface area contributed by atoms with Crippen LogP contribution in [-0.2, 0) is 12.0 Å². The monoisotopic (exact) mass is 337 g/mol. The largest absolute Gasteiger partial charge is 0.298 e. The van der Waals surface area contributed by atoms with Gasteiger partial charge < -0.3 is 0 Å². The molecule has 6 rings (SSSR count). The highest BCUT2D eigenvalue weighted by molar-refractivity contribution is 5.58. The molecule has 1 saturated heterocycles. The normalized spacial score (nSPS) is 28.5. The Labute approximate surface area is 155 Å². The predicted molar refractivity (Wildman–Crippen MR) is 105 cm³/mol. The fourth-order valence-corrected chi connectivity index (χ4v) is 6.11. The molecule has 1 heteroatoms. The lowest BCUT2D eigenvalue weighted by Crippen LogP contribution is -2.34. The maximum Gasteiger partial charge on any atom is 0.0234 e. The summed E-state index contributed by atoms with van der Waals surface area (Å²) in [5, 5.41) is 0. The first-order chi connectivity index (χ1) is 12.9. The zero-order valence-electron chi connectivity index (χ0n) is 14.9. The Bertz CT molecular complexity index is 965. The van der Waals surface area contributed by atoms with Crippen LogP contribution in [0.4, 0.5) is 0 Å². The summed E-state index contributed by atoms with van der Waals surface area (Å²) >= 11 is 0. The lowest BCUT2D eigenvalue weighted by atomic mass is 9.65. The van der Waals surface area contributed by atoms with Crippen LogP contribution in [0.1, 0.15) is 46.1 Å². The molecule has 3 aliphatic rings. The molecule has 2 aliphatic carbocycles. The third-order valence-corrected chi connectivity index (χ3v) is 7.05. The molecule has 3 aromatic carbocycles. The Kier molecular flexibility index (Phi) is 3.01. The highest BCUT2D eigenvalue weighted by Crippen LogP contribution is 2.63. The SMILES string of the molecule is c1ccc(CN2CC3c4ccccc4C4CC3(C2)c2ccccc24)cc1. The maximum atomic E-state index is 2.70. The minimum absolute atomic E-state index is 0.310. The molecule has 3 aromatic rings. The van der Waals surface area contributed by atoms with Crippen molar-refractivity contribution in [2.24, 2.45) is 0 Å². The Hall–Kier alpha value is -2.38. The van der Waals surface area contributed by atoms with E-state index in [1.165, 1.54) is 25.1 Å². The fraction of sp³-hybridized carbons (Fsp3) is 0.280. The van der Waals surface area contributed by atoms with Crippen molar-refractivity contribution in [3.8, 4) is 0 Å². The van der Waals surface area contributed by atoms with Gasteiger partial charge in [-0.1, -0.05) is 78.9 Å².